The Bertz CT molecular complexity index is 997. The van der Waals surface area contributed by atoms with Crippen LogP contribution in [-0.4, -0.2) is 17.7 Å². The molecule has 1 aliphatic heterocycles. The lowest BCUT2D eigenvalue weighted by molar-refractivity contribution is -0.122. The van der Waals surface area contributed by atoms with Crippen LogP contribution in [0.1, 0.15) is 30.1 Å². The molecule has 2 aliphatic rings. The van der Waals surface area contributed by atoms with E-state index >= 15 is 0 Å². The zero-order valence-corrected chi connectivity index (χ0v) is 17.5. The first-order valence-corrected chi connectivity index (χ1v) is 10.2. The maximum absolute atomic E-state index is 12.9. The molecule has 0 radical (unpaired) electrons. The normalized spacial score (nSPS) is 21.4. The van der Waals surface area contributed by atoms with Crippen molar-refractivity contribution in [3.63, 3.8) is 0 Å². The van der Waals surface area contributed by atoms with E-state index in [9.17, 15) is 14.4 Å². The number of carbonyl (C=O) groups excluding carboxylic acids is 3. The average Bonchev–Trinajstić information content (AvgIpc) is 2.93. The first kappa shape index (κ1) is 18.9. The topological polar surface area (TPSA) is 66.5 Å². The van der Waals surface area contributed by atoms with Crippen LogP contribution in [0.5, 0.6) is 0 Å². The van der Waals surface area contributed by atoms with Crippen molar-refractivity contribution < 1.29 is 14.4 Å². The van der Waals surface area contributed by atoms with Gasteiger partial charge in [0.2, 0.25) is 11.8 Å². The number of nitrogens with zero attached hydrogens (tertiary/aromatic N) is 1. The molecule has 0 bridgehead atoms. The van der Waals surface area contributed by atoms with Gasteiger partial charge in [-0.15, -0.1) is 0 Å². The van der Waals surface area contributed by atoms with E-state index in [0.29, 0.717) is 29.8 Å². The van der Waals surface area contributed by atoms with Crippen LogP contribution in [0.3, 0.4) is 0 Å². The highest BCUT2D eigenvalue weighted by Gasteiger charge is 2.48. The van der Waals surface area contributed by atoms with Gasteiger partial charge in [0.25, 0.3) is 5.91 Å². The fourth-order valence-electron chi connectivity index (χ4n) is 3.81. The number of halogens is 1. The van der Waals surface area contributed by atoms with Crippen molar-refractivity contribution in [2.45, 2.75) is 19.8 Å². The molecule has 28 heavy (non-hydrogen) atoms. The quantitative estimate of drug-likeness (QED) is 0.398. The lowest BCUT2D eigenvalue weighted by Crippen LogP contribution is -2.31. The summed E-state index contributed by atoms with van der Waals surface area (Å²) in [6.07, 6.45) is 3.27. The van der Waals surface area contributed by atoms with Crippen molar-refractivity contribution in [1.82, 2.24) is 0 Å². The lowest BCUT2D eigenvalue weighted by atomic mass is 9.82. The third-order valence-corrected chi connectivity index (χ3v) is 6.01. The summed E-state index contributed by atoms with van der Waals surface area (Å²) in [6, 6.07) is 14.2. The molecule has 1 heterocycles. The van der Waals surface area contributed by atoms with E-state index in [1.807, 2.05) is 37.3 Å². The van der Waals surface area contributed by atoms with E-state index in [2.05, 4.69) is 27.9 Å². The van der Waals surface area contributed by atoms with E-state index < -0.39 is 0 Å². The first-order chi connectivity index (χ1) is 13.4. The highest BCUT2D eigenvalue weighted by molar-refractivity contribution is 14.1. The number of benzene rings is 2. The van der Waals surface area contributed by atoms with Crippen LogP contribution in [0.4, 0.5) is 11.4 Å². The molecule has 1 fully saturated rings. The largest absolute Gasteiger partial charge is 0.322 e. The predicted octanol–water partition coefficient (Wildman–Crippen LogP) is 4.39. The second-order valence-electron chi connectivity index (χ2n) is 7.23. The van der Waals surface area contributed by atoms with Gasteiger partial charge in [0.1, 0.15) is 0 Å². The number of imide groups is 1. The van der Waals surface area contributed by atoms with Gasteiger partial charge in [-0.2, -0.15) is 0 Å². The van der Waals surface area contributed by atoms with Crippen LogP contribution in [0.25, 0.3) is 0 Å². The van der Waals surface area contributed by atoms with E-state index in [1.54, 1.807) is 24.3 Å². The Labute approximate surface area is 176 Å². The molecule has 2 atom stereocenters. The van der Waals surface area contributed by atoms with Crippen molar-refractivity contribution in [3.8, 4) is 0 Å². The maximum atomic E-state index is 12.9. The Kier molecular flexibility index (Phi) is 5.05. The van der Waals surface area contributed by atoms with Crippen LogP contribution in [0.2, 0.25) is 0 Å². The molecule has 1 aliphatic carbocycles. The van der Waals surface area contributed by atoms with Gasteiger partial charge in [0, 0.05) is 14.8 Å². The molecule has 1 saturated heterocycles. The maximum Gasteiger partial charge on any atom is 0.255 e. The monoisotopic (exact) mass is 486 g/mol. The minimum Gasteiger partial charge on any atom is -0.322 e. The third-order valence-electron chi connectivity index (χ3n) is 5.29. The van der Waals surface area contributed by atoms with Crippen molar-refractivity contribution in [2.24, 2.45) is 11.8 Å². The van der Waals surface area contributed by atoms with E-state index in [0.717, 1.165) is 9.14 Å². The van der Waals surface area contributed by atoms with Gasteiger partial charge in [-0.1, -0.05) is 17.7 Å². The van der Waals surface area contributed by atoms with E-state index in [1.165, 1.54) is 4.90 Å². The van der Waals surface area contributed by atoms with Crippen LogP contribution in [-0.2, 0) is 9.59 Å². The van der Waals surface area contributed by atoms with Crippen molar-refractivity contribution in [3.05, 3.63) is 69.3 Å². The van der Waals surface area contributed by atoms with Crippen LogP contribution in [0, 0.1) is 15.4 Å². The second-order valence-corrected chi connectivity index (χ2v) is 8.47. The highest BCUT2D eigenvalue weighted by atomic mass is 127. The molecule has 0 spiro atoms. The summed E-state index contributed by atoms with van der Waals surface area (Å²) < 4.78 is 1.08. The molecule has 0 aromatic heterocycles. The number of hydrogen-bond acceptors (Lipinski definition) is 3. The molecule has 4 rings (SSSR count). The van der Waals surface area contributed by atoms with Gasteiger partial charge in [-0.05, 0) is 84.8 Å². The number of anilines is 2. The Balaban J connectivity index is 1.57. The van der Waals surface area contributed by atoms with Gasteiger partial charge < -0.3 is 5.32 Å². The fraction of sp³-hybridized carbons (Fsp3) is 0.227. The number of hydrogen-bond donors (Lipinski definition) is 1. The molecule has 2 aromatic rings. The summed E-state index contributed by atoms with van der Waals surface area (Å²) in [5.74, 6) is -1.20. The number of fused-ring (bicyclic) bond motifs is 1. The molecule has 0 saturated carbocycles. The summed E-state index contributed by atoms with van der Waals surface area (Å²) in [6.45, 7) is 1.99. The fourth-order valence-corrected chi connectivity index (χ4v) is 4.17. The number of rotatable bonds is 3. The highest BCUT2D eigenvalue weighted by Crippen LogP contribution is 2.39. The minimum atomic E-state index is -0.291. The standard InChI is InChI=1S/C22H19IN2O3/c1-13-5-10-18-19(11-13)22(28)25(21(18)27)17-4-2-3-14(12-17)20(26)24-16-8-6-15(23)7-9-16/h2-9,12,18-19H,10-11H2,1H3,(H,24,26). The lowest BCUT2D eigenvalue weighted by Gasteiger charge is -2.18. The summed E-state index contributed by atoms with van der Waals surface area (Å²) in [5, 5.41) is 2.84. The average molecular weight is 486 g/mol. The SMILES string of the molecule is CC1=CCC2C(=O)N(c3cccc(C(=O)Nc4ccc(I)cc4)c3)C(=O)C2C1. The van der Waals surface area contributed by atoms with E-state index in [4.69, 9.17) is 0 Å². The van der Waals surface area contributed by atoms with Gasteiger partial charge in [-0.3, -0.25) is 19.3 Å². The zero-order valence-electron chi connectivity index (χ0n) is 15.3. The zero-order chi connectivity index (χ0) is 19.8. The number of amides is 3. The molecule has 3 amide bonds. The Hall–Kier alpha value is -2.48. The third kappa shape index (κ3) is 3.48. The van der Waals surface area contributed by atoms with Crippen molar-refractivity contribution in [1.29, 1.82) is 0 Å². The molecule has 2 unspecified atom stereocenters. The Morgan fingerprint density at radius 2 is 1.79 bits per heavy atom. The molecular weight excluding hydrogens is 467 g/mol. The van der Waals surface area contributed by atoms with Gasteiger partial charge in [0.05, 0.1) is 17.5 Å². The van der Waals surface area contributed by atoms with Crippen LogP contribution >= 0.6 is 22.6 Å². The molecule has 6 heteroatoms. The summed E-state index contributed by atoms with van der Waals surface area (Å²) in [4.78, 5) is 39.6. The van der Waals surface area contributed by atoms with Crippen LogP contribution in [0.15, 0.2) is 60.2 Å². The molecular formula is C22H19IN2O3. The minimum absolute atomic E-state index is 0.169. The molecule has 2 aromatic carbocycles. The number of nitrogens with one attached hydrogen (secondary N) is 1. The van der Waals surface area contributed by atoms with Gasteiger partial charge in [0.15, 0.2) is 0 Å². The second kappa shape index (κ2) is 7.50. The molecule has 1 N–H and O–H groups in total. The summed E-state index contributed by atoms with van der Waals surface area (Å²) >= 11 is 2.20. The summed E-state index contributed by atoms with van der Waals surface area (Å²) in [5.41, 5.74) is 2.70. The van der Waals surface area contributed by atoms with Gasteiger partial charge >= 0.3 is 0 Å². The summed E-state index contributed by atoms with van der Waals surface area (Å²) in [7, 11) is 0. The number of allylic oxidation sites excluding steroid dienone is 2. The Morgan fingerprint density at radius 1 is 1.07 bits per heavy atom. The van der Waals surface area contributed by atoms with Crippen molar-refractivity contribution >= 4 is 51.7 Å². The molecule has 142 valence electrons. The van der Waals surface area contributed by atoms with Gasteiger partial charge in [-0.25, -0.2) is 0 Å². The molecule has 5 nitrogen and oxygen atoms in total. The van der Waals surface area contributed by atoms with Crippen molar-refractivity contribution in [2.75, 3.05) is 10.2 Å². The number of carbonyl (C=O) groups is 3. The smallest absolute Gasteiger partial charge is 0.255 e. The Morgan fingerprint density at radius 3 is 2.54 bits per heavy atom. The van der Waals surface area contributed by atoms with E-state index in [-0.39, 0.29) is 29.6 Å². The predicted molar refractivity (Wildman–Crippen MR) is 116 cm³/mol. The first-order valence-electron chi connectivity index (χ1n) is 9.14. The van der Waals surface area contributed by atoms with Crippen LogP contribution < -0.4 is 10.2 Å².